The molecule has 0 saturated heterocycles. The highest BCUT2D eigenvalue weighted by Gasteiger charge is 2.19. The molecule has 9 heteroatoms. The number of amides is 1. The maximum absolute atomic E-state index is 12.8. The summed E-state index contributed by atoms with van der Waals surface area (Å²) in [6.45, 7) is 5.42. The molecular formula is C20H21N5O4. The largest absolute Gasteiger partial charge is 0.478 e. The third-order valence-corrected chi connectivity index (χ3v) is 4.67. The Labute approximate surface area is 166 Å². The summed E-state index contributed by atoms with van der Waals surface area (Å²) in [6, 6.07) is 6.79. The fraction of sp³-hybridized carbons (Fsp3) is 0.250. The maximum atomic E-state index is 12.8. The Hall–Kier alpha value is -3.75. The normalized spacial score (nSPS) is 10.7. The number of hydrogen-bond donors (Lipinski definition) is 3. The van der Waals surface area contributed by atoms with Gasteiger partial charge in [0.2, 0.25) is 0 Å². The zero-order valence-electron chi connectivity index (χ0n) is 16.3. The van der Waals surface area contributed by atoms with E-state index in [1.165, 1.54) is 10.9 Å². The zero-order chi connectivity index (χ0) is 21.1. The smallest absolute Gasteiger partial charge is 0.339 e. The van der Waals surface area contributed by atoms with Crippen LogP contribution < -0.4 is 10.9 Å². The van der Waals surface area contributed by atoms with Crippen molar-refractivity contribution >= 4 is 17.6 Å². The number of hydrogen-bond acceptors (Lipinski definition) is 5. The monoisotopic (exact) mass is 395 g/mol. The summed E-state index contributed by atoms with van der Waals surface area (Å²) < 4.78 is 1.48. The quantitative estimate of drug-likeness (QED) is 0.587. The zero-order valence-corrected chi connectivity index (χ0v) is 16.3. The standard InChI is InChI=1S/C20H21N5O4/c1-4-14-16(5-2)23-24-19(27)17(14)18(26)22-12-7-6-8-13(9-12)25-11(3)15(10-21-25)20(28)29/h6-10H,4-5H2,1-3H3,(H,22,26)(H,24,27)(H,28,29). The average molecular weight is 395 g/mol. The number of aryl methyl sites for hydroxylation is 1. The highest BCUT2D eigenvalue weighted by Crippen LogP contribution is 2.19. The maximum Gasteiger partial charge on any atom is 0.339 e. The molecule has 3 aromatic rings. The van der Waals surface area contributed by atoms with Crippen molar-refractivity contribution in [3.63, 3.8) is 0 Å². The van der Waals surface area contributed by atoms with Crippen LogP contribution in [0.25, 0.3) is 5.69 Å². The van der Waals surface area contributed by atoms with E-state index >= 15 is 0 Å². The van der Waals surface area contributed by atoms with Gasteiger partial charge >= 0.3 is 5.97 Å². The van der Waals surface area contributed by atoms with Gasteiger partial charge in [-0.1, -0.05) is 19.9 Å². The number of nitrogens with one attached hydrogen (secondary N) is 2. The number of carbonyl (C=O) groups is 2. The minimum Gasteiger partial charge on any atom is -0.478 e. The number of carboxylic acids is 1. The van der Waals surface area contributed by atoms with Crippen LogP contribution in [0.2, 0.25) is 0 Å². The van der Waals surface area contributed by atoms with Crippen molar-refractivity contribution in [3.05, 3.63) is 68.9 Å². The number of nitrogens with zero attached hydrogens (tertiary/aromatic N) is 3. The first-order valence-corrected chi connectivity index (χ1v) is 9.17. The number of H-pyrrole nitrogens is 1. The first-order chi connectivity index (χ1) is 13.9. The minimum absolute atomic E-state index is 0.0492. The molecule has 0 bridgehead atoms. The summed E-state index contributed by atoms with van der Waals surface area (Å²) in [7, 11) is 0. The summed E-state index contributed by atoms with van der Waals surface area (Å²) in [4.78, 5) is 36.3. The molecule has 0 fully saturated rings. The number of aromatic amines is 1. The van der Waals surface area contributed by atoms with Crippen LogP contribution in [-0.2, 0) is 12.8 Å². The molecule has 9 nitrogen and oxygen atoms in total. The number of rotatable bonds is 6. The molecule has 1 amide bonds. The van der Waals surface area contributed by atoms with Crippen molar-refractivity contribution in [3.8, 4) is 5.69 Å². The first-order valence-electron chi connectivity index (χ1n) is 9.17. The summed E-state index contributed by atoms with van der Waals surface area (Å²) >= 11 is 0. The Balaban J connectivity index is 1.95. The molecule has 150 valence electrons. The van der Waals surface area contributed by atoms with Crippen LogP contribution >= 0.6 is 0 Å². The average Bonchev–Trinajstić information content (AvgIpc) is 3.09. The molecule has 0 atom stereocenters. The van der Waals surface area contributed by atoms with Gasteiger partial charge in [-0.25, -0.2) is 14.6 Å². The Morgan fingerprint density at radius 1 is 1.24 bits per heavy atom. The van der Waals surface area contributed by atoms with Gasteiger partial charge in [-0.05, 0) is 43.5 Å². The lowest BCUT2D eigenvalue weighted by atomic mass is 10.0. The Morgan fingerprint density at radius 2 is 2.00 bits per heavy atom. The minimum atomic E-state index is -1.06. The number of carbonyl (C=O) groups excluding carboxylic acids is 1. The SMILES string of the molecule is CCc1n[nH]c(=O)c(C(=O)Nc2cccc(-n3ncc(C(=O)O)c3C)c2)c1CC. The fourth-order valence-electron chi connectivity index (χ4n) is 3.23. The first kappa shape index (κ1) is 20.0. The predicted molar refractivity (Wildman–Crippen MR) is 107 cm³/mol. The molecule has 0 aliphatic rings. The summed E-state index contributed by atoms with van der Waals surface area (Å²) in [5.74, 6) is -1.59. The van der Waals surface area contributed by atoms with Crippen LogP contribution in [-0.4, -0.2) is 37.0 Å². The lowest BCUT2D eigenvalue weighted by molar-refractivity contribution is 0.0696. The molecule has 0 unspecified atom stereocenters. The number of aromatic carboxylic acids is 1. The van der Waals surface area contributed by atoms with Gasteiger partial charge in [0.05, 0.1) is 23.3 Å². The van der Waals surface area contributed by atoms with E-state index in [0.29, 0.717) is 41.2 Å². The van der Waals surface area contributed by atoms with E-state index in [2.05, 4.69) is 20.6 Å². The van der Waals surface area contributed by atoms with Gasteiger partial charge in [-0.2, -0.15) is 10.2 Å². The van der Waals surface area contributed by atoms with Crippen molar-refractivity contribution in [1.82, 2.24) is 20.0 Å². The molecule has 1 aromatic carbocycles. The molecule has 0 aliphatic heterocycles. The third-order valence-electron chi connectivity index (χ3n) is 4.67. The Kier molecular flexibility index (Phi) is 5.58. The third kappa shape index (κ3) is 3.79. The second-order valence-electron chi connectivity index (χ2n) is 6.43. The van der Waals surface area contributed by atoms with E-state index < -0.39 is 17.4 Å². The van der Waals surface area contributed by atoms with Crippen LogP contribution in [0.1, 0.15) is 51.5 Å². The molecule has 3 N–H and O–H groups in total. The fourth-order valence-corrected chi connectivity index (χ4v) is 3.23. The molecular weight excluding hydrogens is 374 g/mol. The summed E-state index contributed by atoms with van der Waals surface area (Å²) in [6.07, 6.45) is 2.38. The number of anilines is 1. The van der Waals surface area contributed by atoms with Crippen LogP contribution in [0.4, 0.5) is 5.69 Å². The van der Waals surface area contributed by atoms with Crippen LogP contribution in [0.15, 0.2) is 35.3 Å². The van der Waals surface area contributed by atoms with Crippen LogP contribution in [0, 0.1) is 6.92 Å². The second-order valence-corrected chi connectivity index (χ2v) is 6.43. The molecule has 0 saturated carbocycles. The van der Waals surface area contributed by atoms with E-state index in [1.54, 1.807) is 31.2 Å². The van der Waals surface area contributed by atoms with E-state index in [1.807, 2.05) is 13.8 Å². The van der Waals surface area contributed by atoms with E-state index in [0.717, 1.165) is 0 Å². The van der Waals surface area contributed by atoms with Crippen molar-refractivity contribution in [2.75, 3.05) is 5.32 Å². The van der Waals surface area contributed by atoms with Gasteiger partial charge in [0.1, 0.15) is 11.1 Å². The second kappa shape index (κ2) is 8.09. The highest BCUT2D eigenvalue weighted by molar-refractivity contribution is 6.05. The molecule has 2 heterocycles. The van der Waals surface area contributed by atoms with Crippen molar-refractivity contribution in [1.29, 1.82) is 0 Å². The van der Waals surface area contributed by atoms with Gasteiger partial charge < -0.3 is 10.4 Å². The van der Waals surface area contributed by atoms with E-state index in [4.69, 9.17) is 0 Å². The summed E-state index contributed by atoms with van der Waals surface area (Å²) in [5.41, 5.74) is 2.42. The van der Waals surface area contributed by atoms with E-state index in [-0.39, 0.29) is 11.1 Å². The highest BCUT2D eigenvalue weighted by atomic mass is 16.4. The molecule has 0 spiro atoms. The van der Waals surface area contributed by atoms with Gasteiger partial charge in [-0.15, -0.1) is 0 Å². The van der Waals surface area contributed by atoms with Gasteiger partial charge in [-0.3, -0.25) is 9.59 Å². The van der Waals surface area contributed by atoms with Crippen LogP contribution in [0.3, 0.4) is 0 Å². The van der Waals surface area contributed by atoms with E-state index in [9.17, 15) is 19.5 Å². The van der Waals surface area contributed by atoms with Crippen molar-refractivity contribution in [2.45, 2.75) is 33.6 Å². The van der Waals surface area contributed by atoms with Crippen molar-refractivity contribution in [2.24, 2.45) is 0 Å². The predicted octanol–water partition coefficient (Wildman–Crippen LogP) is 2.34. The molecule has 2 aromatic heterocycles. The topological polar surface area (TPSA) is 130 Å². The molecule has 0 radical (unpaired) electrons. The van der Waals surface area contributed by atoms with Crippen molar-refractivity contribution < 1.29 is 14.7 Å². The van der Waals surface area contributed by atoms with Gasteiger partial charge in [0, 0.05) is 5.69 Å². The molecule has 3 rings (SSSR count). The number of benzene rings is 1. The lowest BCUT2D eigenvalue weighted by Crippen LogP contribution is -2.27. The molecule has 29 heavy (non-hydrogen) atoms. The number of aromatic nitrogens is 4. The molecule has 0 aliphatic carbocycles. The number of carboxylic acid groups (broad SMARTS) is 1. The lowest BCUT2D eigenvalue weighted by Gasteiger charge is -2.12. The van der Waals surface area contributed by atoms with Gasteiger partial charge in [0.15, 0.2) is 0 Å². The Bertz CT molecular complexity index is 1150. The Morgan fingerprint density at radius 3 is 2.62 bits per heavy atom. The van der Waals surface area contributed by atoms with Gasteiger partial charge in [0.25, 0.3) is 11.5 Å². The van der Waals surface area contributed by atoms with Crippen LogP contribution in [0.5, 0.6) is 0 Å². The summed E-state index contributed by atoms with van der Waals surface area (Å²) in [5, 5.41) is 22.4.